The number of halogens is 1. The number of carbonyl (C=O) groups excluding carboxylic acids is 1. The molecule has 3 rings (SSSR count). The molecule has 1 atom stereocenters. The second kappa shape index (κ2) is 12.1. The summed E-state index contributed by atoms with van der Waals surface area (Å²) >= 11 is 0. The van der Waals surface area contributed by atoms with Crippen LogP contribution in [0.15, 0.2) is 72.3 Å². The van der Waals surface area contributed by atoms with E-state index in [2.05, 4.69) is 26.8 Å². The lowest BCUT2D eigenvalue weighted by molar-refractivity contribution is -0.140. The standard InChI is InChI=1S/C32H37FO4/c1-21(2)16-24(18-31(34)36-7)23-9-11-25(12-10-23)37-20-22-8-14-29(32(3,4)5)27(17-22)28-19-26(35-6)13-15-30(28)33/h8-17,19,24H,18,20H2,1-7H3/t24-/m1/s1. The minimum Gasteiger partial charge on any atom is -0.497 e. The minimum atomic E-state index is -0.294. The van der Waals surface area contributed by atoms with Crippen LogP contribution in [0.25, 0.3) is 11.1 Å². The van der Waals surface area contributed by atoms with Crippen molar-refractivity contribution in [1.82, 2.24) is 0 Å². The van der Waals surface area contributed by atoms with E-state index in [1.165, 1.54) is 13.2 Å². The molecule has 0 unspecified atom stereocenters. The van der Waals surface area contributed by atoms with E-state index >= 15 is 0 Å². The van der Waals surface area contributed by atoms with Gasteiger partial charge in [-0.3, -0.25) is 4.79 Å². The van der Waals surface area contributed by atoms with Gasteiger partial charge in [0, 0.05) is 11.5 Å². The highest BCUT2D eigenvalue weighted by atomic mass is 19.1. The summed E-state index contributed by atoms with van der Waals surface area (Å²) in [4.78, 5) is 11.9. The maximum atomic E-state index is 14.9. The zero-order valence-electron chi connectivity index (χ0n) is 22.9. The van der Waals surface area contributed by atoms with E-state index in [1.54, 1.807) is 19.2 Å². The van der Waals surface area contributed by atoms with Gasteiger partial charge in [-0.1, -0.05) is 56.7 Å². The Hall–Kier alpha value is -3.60. The quantitative estimate of drug-likeness (QED) is 0.219. The molecule has 0 spiro atoms. The van der Waals surface area contributed by atoms with E-state index in [0.717, 1.165) is 27.8 Å². The van der Waals surface area contributed by atoms with Crippen LogP contribution in [0.2, 0.25) is 0 Å². The maximum Gasteiger partial charge on any atom is 0.306 e. The summed E-state index contributed by atoms with van der Waals surface area (Å²) in [5, 5.41) is 0. The average molecular weight is 505 g/mol. The van der Waals surface area contributed by atoms with Gasteiger partial charge in [0.2, 0.25) is 0 Å². The molecule has 0 saturated heterocycles. The molecule has 0 heterocycles. The molecule has 0 aliphatic heterocycles. The number of carbonyl (C=O) groups is 1. The van der Waals surface area contributed by atoms with Crippen molar-refractivity contribution in [1.29, 1.82) is 0 Å². The molecular formula is C32H37FO4. The smallest absolute Gasteiger partial charge is 0.306 e. The van der Waals surface area contributed by atoms with Crippen LogP contribution in [0.4, 0.5) is 4.39 Å². The van der Waals surface area contributed by atoms with Gasteiger partial charge in [0.25, 0.3) is 0 Å². The molecule has 196 valence electrons. The molecule has 0 fully saturated rings. The van der Waals surface area contributed by atoms with E-state index in [1.807, 2.05) is 56.3 Å². The fraction of sp³-hybridized carbons (Fsp3) is 0.344. The Morgan fingerprint density at radius 2 is 1.59 bits per heavy atom. The van der Waals surface area contributed by atoms with Crippen LogP contribution in [0.3, 0.4) is 0 Å². The van der Waals surface area contributed by atoms with E-state index in [-0.39, 0.29) is 29.5 Å². The van der Waals surface area contributed by atoms with Crippen molar-refractivity contribution in [2.24, 2.45) is 0 Å². The number of allylic oxidation sites excluding steroid dienone is 2. The van der Waals surface area contributed by atoms with Crippen LogP contribution in [0, 0.1) is 5.82 Å². The number of rotatable bonds is 9. The molecular weight excluding hydrogens is 467 g/mol. The molecule has 0 N–H and O–H groups in total. The molecule has 37 heavy (non-hydrogen) atoms. The van der Waals surface area contributed by atoms with Crippen LogP contribution in [-0.2, 0) is 21.6 Å². The zero-order chi connectivity index (χ0) is 27.2. The molecule has 0 saturated carbocycles. The summed E-state index contributed by atoms with van der Waals surface area (Å²) in [7, 11) is 2.98. The van der Waals surface area contributed by atoms with Crippen LogP contribution >= 0.6 is 0 Å². The maximum absolute atomic E-state index is 14.9. The van der Waals surface area contributed by atoms with E-state index in [0.29, 0.717) is 23.7 Å². The topological polar surface area (TPSA) is 44.8 Å². The Labute approximate surface area is 220 Å². The predicted molar refractivity (Wildman–Crippen MR) is 147 cm³/mol. The van der Waals surface area contributed by atoms with Crippen molar-refractivity contribution in [3.63, 3.8) is 0 Å². The summed E-state index contributed by atoms with van der Waals surface area (Å²) in [6.45, 7) is 10.7. The van der Waals surface area contributed by atoms with Crippen molar-refractivity contribution in [3.8, 4) is 22.6 Å². The molecule has 5 heteroatoms. The number of methoxy groups -OCH3 is 2. The molecule has 3 aromatic carbocycles. The summed E-state index contributed by atoms with van der Waals surface area (Å²) in [6, 6.07) is 18.6. The minimum absolute atomic E-state index is 0.0586. The van der Waals surface area contributed by atoms with Crippen molar-refractivity contribution < 1.29 is 23.4 Å². The summed E-state index contributed by atoms with van der Waals surface area (Å²) in [5.41, 5.74) is 5.29. The van der Waals surface area contributed by atoms with E-state index in [4.69, 9.17) is 14.2 Å². The first-order valence-corrected chi connectivity index (χ1v) is 12.4. The second-order valence-electron chi connectivity index (χ2n) is 10.5. The number of ether oxygens (including phenoxy) is 3. The third-order valence-electron chi connectivity index (χ3n) is 6.22. The number of esters is 1. The Morgan fingerprint density at radius 1 is 0.919 bits per heavy atom. The first-order valence-electron chi connectivity index (χ1n) is 12.4. The predicted octanol–water partition coefficient (Wildman–Crippen LogP) is 7.99. The van der Waals surface area contributed by atoms with Gasteiger partial charge in [0.1, 0.15) is 23.9 Å². The van der Waals surface area contributed by atoms with Gasteiger partial charge in [-0.15, -0.1) is 0 Å². The molecule has 3 aromatic rings. The Balaban J connectivity index is 1.85. The van der Waals surface area contributed by atoms with E-state index < -0.39 is 0 Å². The molecule has 0 aromatic heterocycles. The molecule has 0 radical (unpaired) electrons. The van der Waals surface area contributed by atoms with Gasteiger partial charge in [0.15, 0.2) is 0 Å². The first kappa shape index (κ1) is 28.0. The molecule has 0 bridgehead atoms. The van der Waals surface area contributed by atoms with E-state index in [9.17, 15) is 9.18 Å². The number of benzene rings is 3. The Kier molecular flexibility index (Phi) is 9.14. The number of hydrogen-bond donors (Lipinski definition) is 0. The molecule has 0 amide bonds. The number of hydrogen-bond acceptors (Lipinski definition) is 4. The summed E-state index contributed by atoms with van der Waals surface area (Å²) in [6.07, 6.45) is 2.36. The van der Waals surface area contributed by atoms with Crippen LogP contribution in [0.1, 0.15) is 63.6 Å². The lowest BCUT2D eigenvalue weighted by Gasteiger charge is -2.24. The Morgan fingerprint density at radius 3 is 2.19 bits per heavy atom. The highest BCUT2D eigenvalue weighted by Gasteiger charge is 2.21. The third-order valence-corrected chi connectivity index (χ3v) is 6.22. The van der Waals surface area contributed by atoms with Gasteiger partial charge in [0.05, 0.1) is 20.6 Å². The highest BCUT2D eigenvalue weighted by Crippen LogP contribution is 2.37. The normalized spacial score (nSPS) is 12.0. The van der Waals surface area contributed by atoms with Gasteiger partial charge in [-0.25, -0.2) is 4.39 Å². The molecule has 4 nitrogen and oxygen atoms in total. The highest BCUT2D eigenvalue weighted by molar-refractivity contribution is 5.72. The first-order chi connectivity index (χ1) is 17.5. The zero-order valence-corrected chi connectivity index (χ0v) is 22.9. The van der Waals surface area contributed by atoms with Crippen molar-refractivity contribution >= 4 is 5.97 Å². The lowest BCUT2D eigenvalue weighted by Crippen LogP contribution is -2.13. The van der Waals surface area contributed by atoms with Crippen molar-refractivity contribution in [2.45, 2.75) is 59.0 Å². The van der Waals surface area contributed by atoms with Gasteiger partial charge >= 0.3 is 5.97 Å². The summed E-state index contributed by atoms with van der Waals surface area (Å²) < 4.78 is 31.2. The average Bonchev–Trinajstić information content (AvgIpc) is 2.86. The van der Waals surface area contributed by atoms with Gasteiger partial charge < -0.3 is 14.2 Å². The Bertz CT molecular complexity index is 1250. The largest absolute Gasteiger partial charge is 0.497 e. The fourth-order valence-electron chi connectivity index (χ4n) is 4.31. The van der Waals surface area contributed by atoms with Crippen LogP contribution < -0.4 is 9.47 Å². The second-order valence-corrected chi connectivity index (χ2v) is 10.5. The SMILES string of the molecule is COC(=O)C[C@@H](C=C(C)C)c1ccc(OCc2ccc(C(C)(C)C)c(-c3cc(OC)ccc3F)c2)cc1. The monoisotopic (exact) mass is 504 g/mol. The fourth-order valence-corrected chi connectivity index (χ4v) is 4.31. The van der Waals surface area contributed by atoms with Crippen molar-refractivity contribution in [2.75, 3.05) is 14.2 Å². The van der Waals surface area contributed by atoms with Crippen LogP contribution in [0.5, 0.6) is 11.5 Å². The molecule has 0 aliphatic rings. The van der Waals surface area contributed by atoms with Gasteiger partial charge in [-0.2, -0.15) is 0 Å². The van der Waals surface area contributed by atoms with Crippen molar-refractivity contribution in [3.05, 3.63) is 94.8 Å². The lowest BCUT2D eigenvalue weighted by atomic mass is 9.81. The third kappa shape index (κ3) is 7.45. The van der Waals surface area contributed by atoms with Gasteiger partial charge in [-0.05, 0) is 77.9 Å². The van der Waals surface area contributed by atoms with Crippen LogP contribution in [-0.4, -0.2) is 20.2 Å². The summed E-state index contributed by atoms with van der Waals surface area (Å²) in [5.74, 6) is 0.725. The molecule has 0 aliphatic carbocycles.